The van der Waals surface area contributed by atoms with Crippen LogP contribution in [0, 0.1) is 14.9 Å². The highest BCUT2D eigenvalue weighted by atomic mass is 127. The maximum absolute atomic E-state index is 12.2. The summed E-state index contributed by atoms with van der Waals surface area (Å²) >= 11 is 11.7. The van der Waals surface area contributed by atoms with Gasteiger partial charge in [-0.25, -0.2) is 10.4 Å². The highest BCUT2D eigenvalue weighted by Crippen LogP contribution is 2.26. The number of nitrogens with one attached hydrogen (secondary N) is 2. The predicted molar refractivity (Wildman–Crippen MR) is 118 cm³/mol. The van der Waals surface area contributed by atoms with Crippen LogP contribution in [0.15, 0.2) is 56.8 Å². The summed E-state index contributed by atoms with van der Waals surface area (Å²) in [5.41, 5.74) is 3.81. The molecule has 134 valence electrons. The highest BCUT2D eigenvalue weighted by Gasteiger charge is 2.13. The topological polar surface area (TPSA) is 93.9 Å². The van der Waals surface area contributed by atoms with E-state index in [-0.39, 0.29) is 17.2 Å². The zero-order chi connectivity index (χ0) is 19.4. The molecule has 6 nitrogen and oxygen atoms in total. The second-order valence-corrected chi connectivity index (χ2v) is 7.67. The Balaban J connectivity index is 1.94. The minimum absolute atomic E-state index is 0.0529. The number of anilines is 1. The second-order valence-electron chi connectivity index (χ2n) is 5.28. The van der Waals surface area contributed by atoms with Crippen LogP contribution in [-0.4, -0.2) is 16.2 Å². The zero-order valence-electron chi connectivity index (χ0n) is 13.5. The van der Waals surface area contributed by atoms with Crippen LogP contribution in [0.2, 0.25) is 5.02 Å². The van der Waals surface area contributed by atoms with E-state index in [9.17, 15) is 10.1 Å². The van der Waals surface area contributed by atoms with Gasteiger partial charge in [-0.15, -0.1) is 0 Å². The molecule has 0 bridgehead atoms. The molecule has 0 amide bonds. The van der Waals surface area contributed by atoms with Crippen LogP contribution in [0.1, 0.15) is 11.1 Å². The van der Waals surface area contributed by atoms with E-state index < -0.39 is 5.56 Å². The molecule has 0 spiro atoms. The molecule has 0 unspecified atom stereocenters. The van der Waals surface area contributed by atoms with Gasteiger partial charge < -0.3 is 0 Å². The van der Waals surface area contributed by atoms with Crippen molar-refractivity contribution in [2.75, 3.05) is 5.43 Å². The molecule has 3 aromatic rings. The van der Waals surface area contributed by atoms with Gasteiger partial charge in [0.2, 0.25) is 5.95 Å². The Kier molecular flexibility index (Phi) is 6.26. The van der Waals surface area contributed by atoms with Gasteiger partial charge in [0.05, 0.1) is 11.9 Å². The highest BCUT2D eigenvalue weighted by molar-refractivity contribution is 14.1. The molecule has 0 fully saturated rings. The number of halogens is 3. The van der Waals surface area contributed by atoms with E-state index in [1.807, 2.05) is 30.3 Å². The lowest BCUT2D eigenvalue weighted by Gasteiger charge is -2.06. The standard InChI is InChI=1S/C18H10BrClIN5O/c19-15-11(6-12(20)7-14(15)21)9-23-26-18-24-16(10-4-2-1-3-5-10)13(8-22)17(27)25-18/h1-7,9H,(H2,24,25,26,27). The summed E-state index contributed by atoms with van der Waals surface area (Å²) in [7, 11) is 0. The molecule has 2 aromatic carbocycles. The molecule has 1 aromatic heterocycles. The Morgan fingerprint density at radius 3 is 2.78 bits per heavy atom. The van der Waals surface area contributed by atoms with Crippen LogP contribution in [0.5, 0.6) is 0 Å². The fourth-order valence-electron chi connectivity index (χ4n) is 2.27. The normalized spacial score (nSPS) is 10.7. The summed E-state index contributed by atoms with van der Waals surface area (Å²) in [5, 5.41) is 14.0. The van der Waals surface area contributed by atoms with Crippen molar-refractivity contribution < 1.29 is 0 Å². The maximum atomic E-state index is 12.2. The van der Waals surface area contributed by atoms with Gasteiger partial charge >= 0.3 is 0 Å². The maximum Gasteiger partial charge on any atom is 0.270 e. The molecule has 0 saturated carbocycles. The summed E-state index contributed by atoms with van der Waals surface area (Å²) in [6.07, 6.45) is 1.55. The van der Waals surface area contributed by atoms with E-state index in [1.165, 1.54) is 0 Å². The molecule has 0 aliphatic rings. The number of aromatic nitrogens is 2. The third-order valence-corrected chi connectivity index (χ3v) is 6.17. The van der Waals surface area contributed by atoms with E-state index >= 15 is 0 Å². The zero-order valence-corrected chi connectivity index (χ0v) is 18.0. The molecule has 1 heterocycles. The first kappa shape index (κ1) is 19.5. The van der Waals surface area contributed by atoms with Crippen molar-refractivity contribution in [2.24, 2.45) is 5.10 Å². The summed E-state index contributed by atoms with van der Waals surface area (Å²) in [6, 6.07) is 14.5. The molecule has 2 N–H and O–H groups in total. The van der Waals surface area contributed by atoms with Crippen molar-refractivity contribution in [2.45, 2.75) is 0 Å². The van der Waals surface area contributed by atoms with Gasteiger partial charge in [0, 0.05) is 24.2 Å². The lowest BCUT2D eigenvalue weighted by molar-refractivity contribution is 1.08. The Bertz CT molecular complexity index is 1130. The van der Waals surface area contributed by atoms with Gasteiger partial charge in [0.1, 0.15) is 11.6 Å². The van der Waals surface area contributed by atoms with E-state index in [0.717, 1.165) is 13.6 Å². The third kappa shape index (κ3) is 4.55. The molecule has 9 heteroatoms. The van der Waals surface area contributed by atoms with Crippen LogP contribution >= 0.6 is 50.1 Å². The first-order chi connectivity index (χ1) is 13.0. The number of hydrazone groups is 1. The molecule has 3 rings (SSSR count). The van der Waals surface area contributed by atoms with Crippen LogP contribution in [0.3, 0.4) is 0 Å². The van der Waals surface area contributed by atoms with Crippen LogP contribution < -0.4 is 11.0 Å². The molecule has 0 saturated heterocycles. The Morgan fingerprint density at radius 2 is 2.07 bits per heavy atom. The first-order valence-corrected chi connectivity index (χ1v) is 9.78. The van der Waals surface area contributed by atoms with Crippen LogP contribution in [0.4, 0.5) is 5.95 Å². The molecule has 0 atom stereocenters. The third-order valence-electron chi connectivity index (χ3n) is 3.47. The van der Waals surface area contributed by atoms with Gasteiger partial charge in [-0.2, -0.15) is 10.4 Å². The van der Waals surface area contributed by atoms with Gasteiger partial charge in [0.25, 0.3) is 5.56 Å². The largest absolute Gasteiger partial charge is 0.290 e. The number of hydrogen-bond acceptors (Lipinski definition) is 5. The van der Waals surface area contributed by atoms with Gasteiger partial charge in [-0.3, -0.25) is 9.78 Å². The summed E-state index contributed by atoms with van der Waals surface area (Å²) < 4.78 is 1.79. The monoisotopic (exact) mass is 553 g/mol. The minimum atomic E-state index is -0.539. The van der Waals surface area contributed by atoms with E-state index in [1.54, 1.807) is 24.4 Å². The minimum Gasteiger partial charge on any atom is -0.290 e. The van der Waals surface area contributed by atoms with Crippen molar-refractivity contribution in [3.63, 3.8) is 0 Å². The fraction of sp³-hybridized carbons (Fsp3) is 0. The average Bonchev–Trinajstić information content (AvgIpc) is 2.66. The lowest BCUT2D eigenvalue weighted by atomic mass is 10.1. The number of aromatic amines is 1. The number of hydrogen-bond donors (Lipinski definition) is 2. The number of nitrogens with zero attached hydrogens (tertiary/aromatic N) is 3. The Labute approximate surface area is 181 Å². The Hall–Kier alpha value is -2.22. The van der Waals surface area contributed by atoms with Crippen LogP contribution in [-0.2, 0) is 0 Å². The second kappa shape index (κ2) is 8.65. The summed E-state index contributed by atoms with van der Waals surface area (Å²) in [5.74, 6) is 0.127. The molecule has 27 heavy (non-hydrogen) atoms. The number of rotatable bonds is 4. The van der Waals surface area contributed by atoms with Crippen molar-refractivity contribution in [1.29, 1.82) is 5.26 Å². The molecule has 0 aliphatic carbocycles. The fourth-order valence-corrected chi connectivity index (χ4v) is 3.66. The number of nitriles is 1. The molecular weight excluding hydrogens is 544 g/mol. The van der Waals surface area contributed by atoms with E-state index in [0.29, 0.717) is 10.6 Å². The lowest BCUT2D eigenvalue weighted by Crippen LogP contribution is -2.16. The van der Waals surface area contributed by atoms with Gasteiger partial charge in [-0.05, 0) is 50.7 Å². The summed E-state index contributed by atoms with van der Waals surface area (Å²) in [6.45, 7) is 0. The number of H-pyrrole nitrogens is 1. The van der Waals surface area contributed by atoms with Crippen LogP contribution in [0.25, 0.3) is 11.3 Å². The van der Waals surface area contributed by atoms with Crippen molar-refractivity contribution in [3.05, 3.63) is 77.0 Å². The average molecular weight is 555 g/mol. The van der Waals surface area contributed by atoms with Crippen molar-refractivity contribution in [1.82, 2.24) is 9.97 Å². The molecule has 0 aliphatic heterocycles. The van der Waals surface area contributed by atoms with Crippen molar-refractivity contribution in [3.8, 4) is 17.3 Å². The quantitative estimate of drug-likeness (QED) is 0.210. The predicted octanol–water partition coefficient (Wildman–Crippen LogP) is 4.78. The Morgan fingerprint density at radius 1 is 1.33 bits per heavy atom. The molecular formula is C18H10BrClIN5O. The molecule has 0 radical (unpaired) electrons. The SMILES string of the molecule is N#Cc1c(-c2ccccc2)nc(NN=Cc2cc(Cl)cc(I)c2Br)[nH]c1=O. The first-order valence-electron chi connectivity index (χ1n) is 7.53. The van der Waals surface area contributed by atoms with Crippen molar-refractivity contribution >= 4 is 62.3 Å². The van der Waals surface area contributed by atoms with E-state index in [4.69, 9.17) is 11.6 Å². The van der Waals surface area contributed by atoms with Gasteiger partial charge in [0.15, 0.2) is 0 Å². The van der Waals surface area contributed by atoms with Gasteiger partial charge in [-0.1, -0.05) is 41.9 Å². The summed E-state index contributed by atoms with van der Waals surface area (Å²) in [4.78, 5) is 19.0. The van der Waals surface area contributed by atoms with E-state index in [2.05, 4.69) is 59.0 Å². The number of benzene rings is 2. The smallest absolute Gasteiger partial charge is 0.270 e.